The molecule has 0 spiro atoms. The Balaban J connectivity index is 1.42. The molecule has 0 fully saturated rings. The molecule has 3 aliphatic carbocycles. The second kappa shape index (κ2) is 8.54. The summed E-state index contributed by atoms with van der Waals surface area (Å²) >= 11 is 7.58. The molecule has 3 aliphatic rings. The molecule has 4 aromatic rings. The van der Waals surface area contributed by atoms with E-state index in [2.05, 4.69) is 38.1 Å². The average Bonchev–Trinajstić information content (AvgIpc) is 3.69. The Morgan fingerprint density at radius 1 is 0.611 bits per heavy atom. The van der Waals surface area contributed by atoms with Crippen LogP contribution in [0.2, 0.25) is 0 Å². The van der Waals surface area contributed by atoms with Crippen molar-refractivity contribution in [3.8, 4) is 41.4 Å². The van der Waals surface area contributed by atoms with Gasteiger partial charge in [0.1, 0.15) is 17.7 Å². The predicted octanol–water partition coefficient (Wildman–Crippen LogP) is 9.47. The Kier molecular flexibility index (Phi) is 5.38. The van der Waals surface area contributed by atoms with Crippen molar-refractivity contribution in [3.05, 3.63) is 60.8 Å². The van der Waals surface area contributed by atoms with Gasteiger partial charge >= 0.3 is 0 Å². The molecule has 178 valence electrons. The fourth-order valence-electron chi connectivity index (χ4n) is 6.31. The Labute approximate surface area is 227 Å². The molecule has 6 heteroatoms. The molecule has 0 atom stereocenters. The van der Waals surface area contributed by atoms with Crippen LogP contribution in [0.15, 0.2) is 17.7 Å². The Bertz CT molecular complexity index is 1560. The molecule has 0 aromatic carbocycles. The predicted molar refractivity (Wildman–Crippen MR) is 154 cm³/mol. The fourth-order valence-corrected chi connectivity index (χ4v) is 11.6. The van der Waals surface area contributed by atoms with Crippen molar-refractivity contribution in [1.29, 1.82) is 10.5 Å². The first-order chi connectivity index (χ1) is 17.6. The van der Waals surface area contributed by atoms with Crippen molar-refractivity contribution in [3.63, 3.8) is 0 Å². The van der Waals surface area contributed by atoms with Crippen molar-refractivity contribution in [2.45, 2.75) is 65.2 Å². The maximum absolute atomic E-state index is 9.89. The number of aryl methyl sites for hydroxylation is 2. The summed E-state index contributed by atoms with van der Waals surface area (Å²) in [6.07, 6.45) is 9.84. The number of rotatable bonds is 2. The average molecular weight is 541 g/mol. The van der Waals surface area contributed by atoms with Crippen LogP contribution in [0.4, 0.5) is 0 Å². The van der Waals surface area contributed by atoms with Gasteiger partial charge in [0.25, 0.3) is 0 Å². The normalized spacial score (nSPS) is 15.6. The maximum atomic E-state index is 9.89. The highest BCUT2D eigenvalue weighted by atomic mass is 32.1. The molecule has 7 rings (SSSR count). The number of thiophene rings is 4. The monoisotopic (exact) mass is 540 g/mol. The summed E-state index contributed by atoms with van der Waals surface area (Å²) in [5.41, 5.74) is 9.47. The van der Waals surface area contributed by atoms with E-state index in [1.807, 2.05) is 45.3 Å². The minimum Gasteiger partial charge on any atom is -0.192 e. The zero-order valence-corrected chi connectivity index (χ0v) is 23.6. The molecular formula is C30H24N2S4. The second-order valence-electron chi connectivity index (χ2n) is 9.98. The van der Waals surface area contributed by atoms with E-state index >= 15 is 0 Å². The largest absolute Gasteiger partial charge is 0.192 e. The Morgan fingerprint density at radius 2 is 1.03 bits per heavy atom. The molecule has 4 aromatic heterocycles. The second-order valence-corrected chi connectivity index (χ2v) is 14.5. The van der Waals surface area contributed by atoms with Crippen LogP contribution in [-0.2, 0) is 25.7 Å². The number of nitrogens with zero attached hydrogens (tertiary/aromatic N) is 2. The molecular weight excluding hydrogens is 517 g/mol. The van der Waals surface area contributed by atoms with E-state index in [0.29, 0.717) is 0 Å². The van der Waals surface area contributed by atoms with Crippen LogP contribution in [0.5, 0.6) is 0 Å². The van der Waals surface area contributed by atoms with E-state index in [0.717, 1.165) is 16.7 Å². The van der Waals surface area contributed by atoms with E-state index in [4.69, 9.17) is 0 Å². The van der Waals surface area contributed by atoms with Gasteiger partial charge in [0.2, 0.25) is 0 Å². The van der Waals surface area contributed by atoms with Crippen LogP contribution in [-0.4, -0.2) is 0 Å². The minimum atomic E-state index is 0.234. The Hall–Kier alpha value is -2.48. The van der Waals surface area contributed by atoms with Crippen molar-refractivity contribution in [2.75, 3.05) is 0 Å². The first-order valence-corrected chi connectivity index (χ1v) is 15.9. The van der Waals surface area contributed by atoms with Gasteiger partial charge < -0.3 is 0 Å². The van der Waals surface area contributed by atoms with Crippen LogP contribution < -0.4 is 0 Å². The fraction of sp³-hybridized carbons (Fsp3) is 0.333. The summed E-state index contributed by atoms with van der Waals surface area (Å²) in [5, 5.41) is 19.8. The van der Waals surface area contributed by atoms with Gasteiger partial charge in [-0.2, -0.15) is 10.5 Å². The maximum Gasteiger partial charge on any atom is 0.138 e. The molecule has 0 bridgehead atoms. The third-order valence-electron chi connectivity index (χ3n) is 7.97. The van der Waals surface area contributed by atoms with E-state index in [-0.39, 0.29) is 5.57 Å². The van der Waals surface area contributed by atoms with Gasteiger partial charge in [-0.3, -0.25) is 0 Å². The standard InChI is InChI=1S/C30H24N2S4/c1-15-18-7-3-5-9-20(18)27(33-15)24-11-22-26(17(13-31)14-32)23-12-25(36-30(23)29(22)35-24)28-21-10-6-4-8-19(21)16(2)34-28/h11-12H,3-10H2,1-2H3. The van der Waals surface area contributed by atoms with Gasteiger partial charge in [0.15, 0.2) is 0 Å². The Morgan fingerprint density at radius 3 is 1.44 bits per heavy atom. The molecule has 0 amide bonds. The molecule has 4 heterocycles. The van der Waals surface area contributed by atoms with Crippen molar-refractivity contribution in [1.82, 2.24) is 0 Å². The van der Waals surface area contributed by atoms with Gasteiger partial charge in [-0.15, -0.1) is 45.3 Å². The summed E-state index contributed by atoms with van der Waals surface area (Å²) < 4.78 is 0. The number of allylic oxidation sites excluding steroid dienone is 1. The lowest BCUT2D eigenvalue weighted by Gasteiger charge is -2.13. The topological polar surface area (TPSA) is 47.6 Å². The molecule has 0 N–H and O–H groups in total. The molecule has 0 saturated carbocycles. The zero-order chi connectivity index (χ0) is 24.6. The summed E-state index contributed by atoms with van der Waals surface area (Å²) in [4.78, 5) is 10.8. The highest BCUT2D eigenvalue weighted by Gasteiger charge is 2.34. The van der Waals surface area contributed by atoms with Crippen molar-refractivity contribution in [2.24, 2.45) is 0 Å². The summed E-state index contributed by atoms with van der Waals surface area (Å²) in [6.45, 7) is 4.53. The number of nitriles is 2. The molecule has 2 nitrogen and oxygen atoms in total. The third kappa shape index (κ3) is 3.22. The van der Waals surface area contributed by atoms with Crippen molar-refractivity contribution < 1.29 is 0 Å². The van der Waals surface area contributed by atoms with Crippen LogP contribution in [0.25, 0.3) is 34.8 Å². The lowest BCUT2D eigenvalue weighted by molar-refractivity contribution is 0.688. The SMILES string of the molecule is Cc1sc(-c2cc3c(s2)-c2sc(-c4sc(C)c5c4CCCC5)cc2C3=C(C#N)C#N)c2c1CCCC2. The molecule has 36 heavy (non-hydrogen) atoms. The highest BCUT2D eigenvalue weighted by Crippen LogP contribution is 2.58. The van der Waals surface area contributed by atoms with Gasteiger partial charge in [-0.05, 0) is 99.6 Å². The van der Waals surface area contributed by atoms with E-state index in [9.17, 15) is 10.5 Å². The third-order valence-corrected chi connectivity index (χ3v) is 13.1. The minimum absolute atomic E-state index is 0.234. The smallest absolute Gasteiger partial charge is 0.138 e. The summed E-state index contributed by atoms with van der Waals surface area (Å²) in [6, 6.07) is 8.97. The lowest BCUT2D eigenvalue weighted by Crippen LogP contribution is -2.00. The van der Waals surface area contributed by atoms with Gasteiger partial charge in [0, 0.05) is 46.0 Å². The quantitative estimate of drug-likeness (QED) is 0.209. The molecule has 0 radical (unpaired) electrons. The first kappa shape index (κ1) is 22.7. The van der Waals surface area contributed by atoms with Crippen LogP contribution in [0, 0.1) is 36.5 Å². The zero-order valence-electron chi connectivity index (χ0n) is 20.3. The lowest BCUT2D eigenvalue weighted by atomic mass is 9.91. The number of hydrogen-bond donors (Lipinski definition) is 0. The van der Waals surface area contributed by atoms with Gasteiger partial charge in [-0.1, -0.05) is 0 Å². The summed E-state index contributed by atoms with van der Waals surface area (Å²) in [7, 11) is 0. The molecule has 0 unspecified atom stereocenters. The van der Waals surface area contributed by atoms with Crippen LogP contribution in [0.1, 0.15) is 68.8 Å². The van der Waals surface area contributed by atoms with Gasteiger partial charge in [-0.25, -0.2) is 0 Å². The highest BCUT2D eigenvalue weighted by molar-refractivity contribution is 7.29. The molecule has 0 saturated heterocycles. The van der Waals surface area contributed by atoms with E-state index in [1.54, 1.807) is 22.3 Å². The van der Waals surface area contributed by atoms with Crippen molar-refractivity contribution >= 4 is 50.9 Å². The first-order valence-electron chi connectivity index (χ1n) is 12.6. The summed E-state index contributed by atoms with van der Waals surface area (Å²) in [5.74, 6) is 0. The van der Waals surface area contributed by atoms with Crippen LogP contribution in [0.3, 0.4) is 0 Å². The van der Waals surface area contributed by atoms with E-state index < -0.39 is 0 Å². The molecule has 0 aliphatic heterocycles. The number of fused-ring (bicyclic) bond motifs is 5. The number of hydrogen-bond acceptors (Lipinski definition) is 6. The van der Waals surface area contributed by atoms with Gasteiger partial charge in [0.05, 0.1) is 9.75 Å². The van der Waals surface area contributed by atoms with Crippen LogP contribution >= 0.6 is 45.3 Å². The van der Waals surface area contributed by atoms with E-state index in [1.165, 1.54) is 90.4 Å².